The van der Waals surface area contributed by atoms with Crippen LogP contribution in [0.5, 0.6) is 5.75 Å². The van der Waals surface area contributed by atoms with E-state index in [9.17, 15) is 0 Å². The maximum Gasteiger partial charge on any atom is 0.144 e. The van der Waals surface area contributed by atoms with Gasteiger partial charge in [-0.15, -0.1) is 0 Å². The summed E-state index contributed by atoms with van der Waals surface area (Å²) in [5.41, 5.74) is 4.16. The summed E-state index contributed by atoms with van der Waals surface area (Å²) in [4.78, 5) is 0. The number of nitrogens with one attached hydrogen (secondary N) is 1. The van der Waals surface area contributed by atoms with E-state index in [4.69, 9.17) is 4.74 Å². The van der Waals surface area contributed by atoms with Crippen LogP contribution in [0.15, 0.2) is 12.1 Å². The Morgan fingerprint density at radius 2 is 2.08 bits per heavy atom. The molecule has 0 aliphatic rings. The number of halogens is 1. The molecule has 0 saturated carbocycles. The first-order valence-corrected chi connectivity index (χ1v) is 5.26. The highest BCUT2D eigenvalue weighted by Gasteiger charge is 2.05. The van der Waals surface area contributed by atoms with E-state index in [1.165, 1.54) is 5.56 Å². The molecule has 2 nitrogen and oxygen atoms in total. The summed E-state index contributed by atoms with van der Waals surface area (Å²) in [5.74, 6) is 0.921. The molecule has 0 aromatic heterocycles. The van der Waals surface area contributed by atoms with Crippen molar-refractivity contribution < 1.29 is 4.74 Å². The Kier molecular flexibility index (Phi) is 3.60. The predicted molar refractivity (Wildman–Crippen MR) is 59.9 cm³/mol. The first kappa shape index (κ1) is 10.4. The number of methoxy groups -OCH3 is 1. The van der Waals surface area contributed by atoms with Gasteiger partial charge in [0.1, 0.15) is 5.75 Å². The molecule has 0 heterocycles. The van der Waals surface area contributed by atoms with E-state index in [-0.39, 0.29) is 0 Å². The van der Waals surface area contributed by atoms with Crippen molar-refractivity contribution in [3.05, 3.63) is 23.3 Å². The minimum atomic E-state index is 0.728. The van der Waals surface area contributed by atoms with Crippen LogP contribution >= 0.6 is 15.9 Å². The van der Waals surface area contributed by atoms with Crippen molar-refractivity contribution in [1.29, 1.82) is 0 Å². The average Bonchev–Trinajstić information content (AvgIpc) is 2.04. The van der Waals surface area contributed by atoms with E-state index in [1.807, 2.05) is 6.92 Å². The molecule has 0 bridgehead atoms. The van der Waals surface area contributed by atoms with Crippen LogP contribution in [0.2, 0.25) is 0 Å². The third-order valence-electron chi connectivity index (χ3n) is 1.88. The van der Waals surface area contributed by atoms with Crippen molar-refractivity contribution in [2.24, 2.45) is 0 Å². The van der Waals surface area contributed by atoms with Gasteiger partial charge in [-0.25, -0.2) is 0 Å². The maximum atomic E-state index is 5.30. The van der Waals surface area contributed by atoms with Crippen molar-refractivity contribution in [1.82, 2.24) is 0 Å². The molecule has 0 atom stereocenters. The van der Waals surface area contributed by atoms with Crippen LogP contribution in [-0.2, 0) is 0 Å². The Morgan fingerprint density at radius 1 is 1.38 bits per heavy atom. The van der Waals surface area contributed by atoms with Gasteiger partial charge in [-0.2, -0.15) is 0 Å². The van der Waals surface area contributed by atoms with Crippen LogP contribution in [0.1, 0.15) is 11.1 Å². The summed E-state index contributed by atoms with van der Waals surface area (Å²) < 4.78 is 5.30. The second kappa shape index (κ2) is 4.51. The van der Waals surface area contributed by atoms with Gasteiger partial charge in [0.25, 0.3) is 0 Å². The molecule has 1 aromatic rings. The van der Waals surface area contributed by atoms with Crippen LogP contribution in [0.3, 0.4) is 0 Å². The van der Waals surface area contributed by atoms with E-state index >= 15 is 0 Å². The Bertz CT molecular complexity index is 299. The highest BCUT2D eigenvalue weighted by atomic mass is 79.9. The summed E-state index contributed by atoms with van der Waals surface area (Å²) in [5, 5.41) is 3.20. The second-order valence-electron chi connectivity index (χ2n) is 2.97. The molecule has 1 N–H and O–H groups in total. The molecule has 0 aliphatic carbocycles. The first-order valence-electron chi connectivity index (χ1n) is 4.14. The zero-order chi connectivity index (χ0) is 9.84. The standard InChI is InChI=1S/C10H14BrNO/c1-7-4-8(2)10(13-3)9(5-7)12-6-11/h4-5,12H,6H2,1-3H3. The van der Waals surface area contributed by atoms with Crippen molar-refractivity contribution in [2.75, 3.05) is 17.9 Å². The van der Waals surface area contributed by atoms with Gasteiger partial charge in [0.15, 0.2) is 0 Å². The molecule has 0 aliphatic heterocycles. The molecule has 0 amide bonds. The van der Waals surface area contributed by atoms with E-state index in [0.717, 1.165) is 22.5 Å². The molecule has 3 heteroatoms. The van der Waals surface area contributed by atoms with Gasteiger partial charge >= 0.3 is 0 Å². The van der Waals surface area contributed by atoms with E-state index in [1.54, 1.807) is 7.11 Å². The fourth-order valence-corrected chi connectivity index (χ4v) is 1.73. The molecule has 0 spiro atoms. The third kappa shape index (κ3) is 2.37. The van der Waals surface area contributed by atoms with Crippen LogP contribution < -0.4 is 10.1 Å². The molecular formula is C10H14BrNO. The largest absolute Gasteiger partial charge is 0.494 e. The molecule has 0 unspecified atom stereocenters. The van der Waals surface area contributed by atoms with Crippen molar-refractivity contribution >= 4 is 21.6 Å². The third-order valence-corrected chi connectivity index (χ3v) is 2.16. The second-order valence-corrected chi connectivity index (χ2v) is 3.53. The number of anilines is 1. The Morgan fingerprint density at radius 3 is 2.62 bits per heavy atom. The Labute approximate surface area is 87.4 Å². The highest BCUT2D eigenvalue weighted by molar-refractivity contribution is 9.09. The number of hydrogen-bond donors (Lipinski definition) is 1. The van der Waals surface area contributed by atoms with Gasteiger partial charge in [0, 0.05) is 0 Å². The normalized spacial score (nSPS) is 9.85. The first-order chi connectivity index (χ1) is 6.19. The van der Waals surface area contributed by atoms with Gasteiger partial charge in [0.05, 0.1) is 18.3 Å². The zero-order valence-electron chi connectivity index (χ0n) is 8.15. The molecule has 0 fully saturated rings. The summed E-state index contributed by atoms with van der Waals surface area (Å²) >= 11 is 3.33. The molecule has 1 rings (SSSR count). The number of ether oxygens (including phenoxy) is 1. The van der Waals surface area contributed by atoms with E-state index in [0.29, 0.717) is 0 Å². The lowest BCUT2D eigenvalue weighted by molar-refractivity contribution is 0.413. The predicted octanol–water partition coefficient (Wildman–Crippen LogP) is 3.08. The molecule has 13 heavy (non-hydrogen) atoms. The lowest BCUT2D eigenvalue weighted by Gasteiger charge is -2.12. The lowest BCUT2D eigenvalue weighted by atomic mass is 10.1. The molecule has 1 aromatic carbocycles. The SMILES string of the molecule is COc1c(C)cc(C)cc1NCBr. The van der Waals surface area contributed by atoms with Crippen LogP contribution in [-0.4, -0.2) is 12.6 Å². The monoisotopic (exact) mass is 243 g/mol. The number of alkyl halides is 1. The minimum Gasteiger partial charge on any atom is -0.494 e. The van der Waals surface area contributed by atoms with Crippen LogP contribution in [0.4, 0.5) is 5.69 Å². The zero-order valence-corrected chi connectivity index (χ0v) is 9.73. The Hall–Kier alpha value is -0.700. The topological polar surface area (TPSA) is 21.3 Å². The van der Waals surface area contributed by atoms with Crippen LogP contribution in [0.25, 0.3) is 0 Å². The summed E-state index contributed by atoms with van der Waals surface area (Å²) in [6.07, 6.45) is 0. The fourth-order valence-electron chi connectivity index (χ4n) is 1.43. The van der Waals surface area contributed by atoms with Gasteiger partial charge in [-0.1, -0.05) is 22.0 Å². The summed E-state index contributed by atoms with van der Waals surface area (Å²) in [6.45, 7) is 4.12. The van der Waals surface area contributed by atoms with Crippen LogP contribution in [0, 0.1) is 13.8 Å². The van der Waals surface area contributed by atoms with Gasteiger partial charge in [-0.3, -0.25) is 0 Å². The quantitative estimate of drug-likeness (QED) is 0.651. The maximum absolute atomic E-state index is 5.30. The minimum absolute atomic E-state index is 0.728. The van der Waals surface area contributed by atoms with Gasteiger partial charge < -0.3 is 10.1 Å². The smallest absolute Gasteiger partial charge is 0.144 e. The average molecular weight is 244 g/mol. The number of hydrogen-bond acceptors (Lipinski definition) is 2. The Balaban J connectivity index is 3.13. The molecule has 0 saturated heterocycles. The fraction of sp³-hybridized carbons (Fsp3) is 0.400. The molecular weight excluding hydrogens is 230 g/mol. The molecule has 72 valence electrons. The number of rotatable bonds is 3. The lowest BCUT2D eigenvalue weighted by Crippen LogP contribution is -1.99. The van der Waals surface area contributed by atoms with Gasteiger partial charge in [-0.05, 0) is 31.0 Å². The van der Waals surface area contributed by atoms with Crippen molar-refractivity contribution in [2.45, 2.75) is 13.8 Å². The van der Waals surface area contributed by atoms with Gasteiger partial charge in [0.2, 0.25) is 0 Å². The number of aryl methyl sites for hydroxylation is 2. The van der Waals surface area contributed by atoms with Crippen molar-refractivity contribution in [3.63, 3.8) is 0 Å². The summed E-state index contributed by atoms with van der Waals surface area (Å²) in [6, 6.07) is 4.19. The van der Waals surface area contributed by atoms with Crippen molar-refractivity contribution in [3.8, 4) is 5.75 Å². The number of benzene rings is 1. The van der Waals surface area contributed by atoms with E-state index in [2.05, 4.69) is 40.3 Å². The summed E-state index contributed by atoms with van der Waals surface area (Å²) in [7, 11) is 1.69. The molecule has 0 radical (unpaired) electrons. The highest BCUT2D eigenvalue weighted by Crippen LogP contribution is 2.29. The van der Waals surface area contributed by atoms with E-state index < -0.39 is 0 Å².